The summed E-state index contributed by atoms with van der Waals surface area (Å²) in [4.78, 5) is 35.8. The summed E-state index contributed by atoms with van der Waals surface area (Å²) in [6, 6.07) is 2.77. The predicted molar refractivity (Wildman–Crippen MR) is 60.6 cm³/mol. The summed E-state index contributed by atoms with van der Waals surface area (Å²) >= 11 is 0. The number of hydrogen-bond donors (Lipinski definition) is 3. The van der Waals surface area contributed by atoms with E-state index in [9.17, 15) is 14.4 Å². The smallest absolute Gasteiger partial charge is 0.252 e. The van der Waals surface area contributed by atoms with Gasteiger partial charge in [0.1, 0.15) is 0 Å². The van der Waals surface area contributed by atoms with Crippen LogP contribution in [0.1, 0.15) is 23.2 Å². The minimum absolute atomic E-state index is 0.00853. The van der Waals surface area contributed by atoms with Crippen LogP contribution in [0.25, 0.3) is 0 Å². The molecule has 0 saturated carbocycles. The molecule has 2 amide bonds. The molecule has 1 aliphatic heterocycles. The van der Waals surface area contributed by atoms with Gasteiger partial charge in [0, 0.05) is 31.3 Å². The highest BCUT2D eigenvalue weighted by Gasteiger charge is 2.20. The minimum Gasteiger partial charge on any atom is -0.352 e. The van der Waals surface area contributed by atoms with Crippen LogP contribution in [0.4, 0.5) is 0 Å². The Morgan fingerprint density at radius 1 is 1.41 bits per heavy atom. The van der Waals surface area contributed by atoms with Crippen LogP contribution in [-0.4, -0.2) is 29.4 Å². The molecule has 2 rings (SSSR count). The van der Waals surface area contributed by atoms with Crippen LogP contribution in [0.3, 0.4) is 0 Å². The van der Waals surface area contributed by atoms with Crippen LogP contribution in [0.15, 0.2) is 23.1 Å². The quantitative estimate of drug-likeness (QED) is 0.652. The Morgan fingerprint density at radius 3 is 2.82 bits per heavy atom. The van der Waals surface area contributed by atoms with Gasteiger partial charge < -0.3 is 15.6 Å². The maximum Gasteiger partial charge on any atom is 0.252 e. The van der Waals surface area contributed by atoms with Gasteiger partial charge in [0.2, 0.25) is 11.5 Å². The SMILES string of the molecule is O=C1CCC(CNC(=O)c2ccc(=O)[nH]c2)N1. The van der Waals surface area contributed by atoms with Crippen molar-refractivity contribution < 1.29 is 9.59 Å². The van der Waals surface area contributed by atoms with Gasteiger partial charge in [-0.1, -0.05) is 0 Å². The zero-order valence-corrected chi connectivity index (χ0v) is 9.16. The van der Waals surface area contributed by atoms with E-state index in [-0.39, 0.29) is 23.4 Å². The van der Waals surface area contributed by atoms with Gasteiger partial charge in [0.05, 0.1) is 5.56 Å². The van der Waals surface area contributed by atoms with E-state index in [2.05, 4.69) is 15.6 Å². The first kappa shape index (κ1) is 11.4. The van der Waals surface area contributed by atoms with Crippen molar-refractivity contribution in [2.45, 2.75) is 18.9 Å². The standard InChI is InChI=1S/C11H13N3O3/c15-9-3-1-7(5-12-9)11(17)13-6-8-2-4-10(16)14-8/h1,3,5,8H,2,4,6H2,(H,12,15)(H,13,17)(H,14,16). The summed E-state index contributed by atoms with van der Waals surface area (Å²) in [5.74, 6) is -0.240. The van der Waals surface area contributed by atoms with Gasteiger partial charge in [-0.25, -0.2) is 0 Å². The average molecular weight is 235 g/mol. The number of aromatic nitrogens is 1. The van der Waals surface area contributed by atoms with E-state index < -0.39 is 0 Å². The van der Waals surface area contributed by atoms with Gasteiger partial charge in [-0.2, -0.15) is 0 Å². The van der Waals surface area contributed by atoms with Crippen molar-refractivity contribution in [3.05, 3.63) is 34.2 Å². The van der Waals surface area contributed by atoms with Crippen molar-refractivity contribution >= 4 is 11.8 Å². The Labute approximate surface area is 97.4 Å². The van der Waals surface area contributed by atoms with Crippen LogP contribution in [0, 0.1) is 0 Å². The second-order valence-corrected chi connectivity index (χ2v) is 3.95. The number of hydrogen-bond acceptors (Lipinski definition) is 3. The molecule has 1 unspecified atom stereocenters. The van der Waals surface area contributed by atoms with E-state index in [1.54, 1.807) is 0 Å². The van der Waals surface area contributed by atoms with Crippen molar-refractivity contribution in [1.29, 1.82) is 0 Å². The van der Waals surface area contributed by atoms with E-state index in [4.69, 9.17) is 0 Å². The molecule has 0 radical (unpaired) electrons. The molecule has 1 aromatic heterocycles. The topological polar surface area (TPSA) is 91.1 Å². The molecule has 0 spiro atoms. The molecule has 3 N–H and O–H groups in total. The van der Waals surface area contributed by atoms with Crippen LogP contribution < -0.4 is 16.2 Å². The summed E-state index contributed by atoms with van der Waals surface area (Å²) in [5.41, 5.74) is 0.151. The van der Waals surface area contributed by atoms with Crippen molar-refractivity contribution in [3.63, 3.8) is 0 Å². The third kappa shape index (κ3) is 2.93. The first-order valence-corrected chi connectivity index (χ1v) is 5.41. The molecular formula is C11H13N3O3. The third-order valence-corrected chi connectivity index (χ3v) is 2.64. The molecule has 6 heteroatoms. The van der Waals surface area contributed by atoms with Gasteiger partial charge >= 0.3 is 0 Å². The van der Waals surface area contributed by atoms with Crippen molar-refractivity contribution in [3.8, 4) is 0 Å². The van der Waals surface area contributed by atoms with Gasteiger partial charge in [-0.15, -0.1) is 0 Å². The molecular weight excluding hydrogens is 222 g/mol. The molecule has 0 aromatic carbocycles. The fourth-order valence-electron chi connectivity index (χ4n) is 1.70. The third-order valence-electron chi connectivity index (χ3n) is 2.64. The zero-order valence-electron chi connectivity index (χ0n) is 9.16. The molecule has 90 valence electrons. The predicted octanol–water partition coefficient (Wildman–Crippen LogP) is -0.617. The molecule has 1 aliphatic rings. The van der Waals surface area contributed by atoms with Crippen molar-refractivity contribution in [2.24, 2.45) is 0 Å². The van der Waals surface area contributed by atoms with E-state index in [1.807, 2.05) is 0 Å². The van der Waals surface area contributed by atoms with E-state index in [0.717, 1.165) is 6.42 Å². The van der Waals surface area contributed by atoms with Gasteiger partial charge in [0.25, 0.3) is 5.91 Å². The summed E-state index contributed by atoms with van der Waals surface area (Å²) in [6.45, 7) is 0.406. The van der Waals surface area contributed by atoms with E-state index in [0.29, 0.717) is 18.5 Å². The maximum atomic E-state index is 11.6. The average Bonchev–Trinajstić information content (AvgIpc) is 2.73. The second kappa shape index (κ2) is 4.82. The Balaban J connectivity index is 1.87. The number of rotatable bonds is 3. The maximum absolute atomic E-state index is 11.6. The minimum atomic E-state index is -0.262. The summed E-state index contributed by atoms with van der Waals surface area (Å²) < 4.78 is 0. The number of H-pyrrole nitrogens is 1. The fourth-order valence-corrected chi connectivity index (χ4v) is 1.70. The Morgan fingerprint density at radius 2 is 2.24 bits per heavy atom. The molecule has 1 atom stereocenters. The van der Waals surface area contributed by atoms with Crippen LogP contribution in [0.2, 0.25) is 0 Å². The fraction of sp³-hybridized carbons (Fsp3) is 0.364. The molecule has 17 heavy (non-hydrogen) atoms. The zero-order chi connectivity index (χ0) is 12.3. The number of amides is 2. The van der Waals surface area contributed by atoms with Gasteiger partial charge in [-0.3, -0.25) is 14.4 Å². The molecule has 0 bridgehead atoms. The first-order chi connectivity index (χ1) is 8.15. The molecule has 1 fully saturated rings. The Kier molecular flexibility index (Phi) is 3.22. The van der Waals surface area contributed by atoms with Crippen LogP contribution in [-0.2, 0) is 4.79 Å². The lowest BCUT2D eigenvalue weighted by Gasteiger charge is -2.10. The molecule has 6 nitrogen and oxygen atoms in total. The lowest BCUT2D eigenvalue weighted by Crippen LogP contribution is -2.38. The summed E-state index contributed by atoms with van der Waals surface area (Å²) in [6.07, 6.45) is 2.62. The highest BCUT2D eigenvalue weighted by atomic mass is 16.2. The number of pyridine rings is 1. The van der Waals surface area contributed by atoms with Crippen LogP contribution >= 0.6 is 0 Å². The van der Waals surface area contributed by atoms with Gasteiger partial charge in [-0.05, 0) is 12.5 Å². The molecule has 1 aromatic rings. The van der Waals surface area contributed by atoms with E-state index in [1.165, 1.54) is 18.3 Å². The van der Waals surface area contributed by atoms with Gasteiger partial charge in [0.15, 0.2) is 0 Å². The monoisotopic (exact) mass is 235 g/mol. The highest BCUT2D eigenvalue weighted by molar-refractivity contribution is 5.93. The summed E-state index contributed by atoms with van der Waals surface area (Å²) in [5, 5.41) is 5.46. The van der Waals surface area contributed by atoms with Crippen molar-refractivity contribution in [2.75, 3.05) is 6.54 Å². The number of aromatic amines is 1. The molecule has 2 heterocycles. The Bertz CT molecular complexity index is 474. The second-order valence-electron chi connectivity index (χ2n) is 3.95. The van der Waals surface area contributed by atoms with Crippen molar-refractivity contribution in [1.82, 2.24) is 15.6 Å². The molecule has 1 saturated heterocycles. The number of nitrogens with one attached hydrogen (secondary N) is 3. The van der Waals surface area contributed by atoms with E-state index >= 15 is 0 Å². The van der Waals surface area contributed by atoms with Crippen LogP contribution in [0.5, 0.6) is 0 Å². The summed E-state index contributed by atoms with van der Waals surface area (Å²) in [7, 11) is 0. The lowest BCUT2D eigenvalue weighted by molar-refractivity contribution is -0.119. The number of carbonyl (C=O) groups is 2. The first-order valence-electron chi connectivity index (χ1n) is 5.41. The lowest BCUT2D eigenvalue weighted by atomic mass is 10.2. The Hall–Kier alpha value is -2.11. The normalized spacial score (nSPS) is 18.8. The number of carbonyl (C=O) groups excluding carboxylic acids is 2. The molecule has 0 aliphatic carbocycles. The highest BCUT2D eigenvalue weighted by Crippen LogP contribution is 2.05. The largest absolute Gasteiger partial charge is 0.352 e.